The molecule has 0 saturated carbocycles. The second-order valence-electron chi connectivity index (χ2n) is 4.37. The second-order valence-corrected chi connectivity index (χ2v) is 4.37. The van der Waals surface area contributed by atoms with Crippen molar-refractivity contribution < 1.29 is 5.11 Å². The summed E-state index contributed by atoms with van der Waals surface area (Å²) in [5.41, 5.74) is 0.878. The topological polar surface area (TPSA) is 36.4 Å². The van der Waals surface area contributed by atoms with Gasteiger partial charge in [-0.05, 0) is 26.8 Å². The molecule has 3 heteroatoms. The van der Waals surface area contributed by atoms with E-state index in [2.05, 4.69) is 30.7 Å². The summed E-state index contributed by atoms with van der Waals surface area (Å²) in [5.74, 6) is 0.850. The minimum atomic E-state index is 0.0122. The van der Waals surface area contributed by atoms with E-state index in [0.29, 0.717) is 0 Å². The van der Waals surface area contributed by atoms with Crippen LogP contribution >= 0.6 is 0 Å². The van der Waals surface area contributed by atoms with Crippen LogP contribution in [-0.2, 0) is 6.61 Å². The van der Waals surface area contributed by atoms with Crippen LogP contribution in [0, 0.1) is 0 Å². The van der Waals surface area contributed by atoms with Gasteiger partial charge in [-0.25, -0.2) is 4.98 Å². The monoisotopic (exact) mass is 194 g/mol. The number of nitrogens with zero attached hydrogens (tertiary/aromatic N) is 2. The van der Waals surface area contributed by atoms with Crippen molar-refractivity contribution in [2.75, 3.05) is 11.9 Å². The van der Waals surface area contributed by atoms with E-state index in [9.17, 15) is 0 Å². The van der Waals surface area contributed by atoms with Crippen molar-refractivity contribution >= 4 is 5.82 Å². The summed E-state index contributed by atoms with van der Waals surface area (Å²) in [6, 6.07) is 3.73. The van der Waals surface area contributed by atoms with Gasteiger partial charge in [-0.3, -0.25) is 0 Å². The Balaban J connectivity index is 3.06. The van der Waals surface area contributed by atoms with Gasteiger partial charge in [0.15, 0.2) is 0 Å². The number of aliphatic hydroxyl groups excluding tert-OH is 1. The molecule has 1 aromatic rings. The van der Waals surface area contributed by atoms with Gasteiger partial charge < -0.3 is 10.0 Å². The Morgan fingerprint density at radius 3 is 2.57 bits per heavy atom. The average molecular weight is 194 g/mol. The fourth-order valence-corrected chi connectivity index (χ4v) is 1.17. The number of pyridine rings is 1. The van der Waals surface area contributed by atoms with E-state index >= 15 is 0 Å². The van der Waals surface area contributed by atoms with Crippen molar-refractivity contribution in [3.63, 3.8) is 0 Å². The van der Waals surface area contributed by atoms with Crippen molar-refractivity contribution in [2.45, 2.75) is 32.9 Å². The summed E-state index contributed by atoms with van der Waals surface area (Å²) >= 11 is 0. The van der Waals surface area contributed by atoms with Gasteiger partial charge in [0.05, 0.1) is 6.61 Å². The van der Waals surface area contributed by atoms with Gasteiger partial charge in [-0.2, -0.15) is 0 Å². The van der Waals surface area contributed by atoms with Crippen LogP contribution in [0.4, 0.5) is 5.82 Å². The fourth-order valence-electron chi connectivity index (χ4n) is 1.17. The average Bonchev–Trinajstić information content (AvgIpc) is 2.15. The van der Waals surface area contributed by atoms with E-state index in [-0.39, 0.29) is 12.1 Å². The van der Waals surface area contributed by atoms with Crippen molar-refractivity contribution in [3.8, 4) is 0 Å². The zero-order valence-corrected chi connectivity index (χ0v) is 9.28. The van der Waals surface area contributed by atoms with Gasteiger partial charge in [0.2, 0.25) is 0 Å². The molecule has 0 atom stereocenters. The molecule has 0 unspecified atom stereocenters. The fraction of sp³-hybridized carbons (Fsp3) is 0.545. The quantitative estimate of drug-likeness (QED) is 0.780. The molecular weight excluding hydrogens is 176 g/mol. The molecule has 0 spiro atoms. The largest absolute Gasteiger partial charge is 0.392 e. The number of hydrogen-bond donors (Lipinski definition) is 1. The molecule has 1 N–H and O–H groups in total. The molecule has 0 aromatic carbocycles. The normalized spacial score (nSPS) is 11.5. The Morgan fingerprint density at radius 1 is 1.43 bits per heavy atom. The van der Waals surface area contributed by atoms with Gasteiger partial charge >= 0.3 is 0 Å². The molecule has 14 heavy (non-hydrogen) atoms. The van der Waals surface area contributed by atoms with Crippen LogP contribution in [0.1, 0.15) is 26.3 Å². The predicted octanol–water partition coefficient (Wildman–Crippen LogP) is 1.81. The number of hydrogen-bond acceptors (Lipinski definition) is 3. The number of aliphatic hydroxyl groups is 1. The molecule has 0 saturated heterocycles. The molecule has 78 valence electrons. The van der Waals surface area contributed by atoms with E-state index < -0.39 is 0 Å². The molecule has 0 bridgehead atoms. The summed E-state index contributed by atoms with van der Waals surface area (Å²) in [4.78, 5) is 6.35. The second kappa shape index (κ2) is 3.96. The van der Waals surface area contributed by atoms with Crippen LogP contribution in [-0.4, -0.2) is 22.7 Å². The zero-order valence-electron chi connectivity index (χ0n) is 9.28. The van der Waals surface area contributed by atoms with Gasteiger partial charge in [0.25, 0.3) is 0 Å². The van der Waals surface area contributed by atoms with Gasteiger partial charge in [-0.1, -0.05) is 6.07 Å². The Bertz CT molecular complexity index is 304. The van der Waals surface area contributed by atoms with E-state index in [4.69, 9.17) is 5.11 Å². The van der Waals surface area contributed by atoms with Crippen LogP contribution in [0.15, 0.2) is 18.3 Å². The van der Waals surface area contributed by atoms with E-state index in [0.717, 1.165) is 11.4 Å². The molecule has 1 rings (SSSR count). The molecule has 1 aromatic heterocycles. The standard InChI is InChI=1S/C11H18N2O/c1-11(2,3)13(4)10-9(8-14)6-5-7-12-10/h5-7,14H,8H2,1-4H3. The Labute approximate surface area is 85.4 Å². The molecule has 3 nitrogen and oxygen atoms in total. The molecule has 0 amide bonds. The van der Waals surface area contributed by atoms with Crippen molar-refractivity contribution in [3.05, 3.63) is 23.9 Å². The number of rotatable bonds is 2. The minimum absolute atomic E-state index is 0.0122. The summed E-state index contributed by atoms with van der Waals surface area (Å²) in [6.07, 6.45) is 1.75. The summed E-state index contributed by atoms with van der Waals surface area (Å²) in [6.45, 7) is 6.37. The van der Waals surface area contributed by atoms with Crippen LogP contribution in [0.5, 0.6) is 0 Å². The lowest BCUT2D eigenvalue weighted by atomic mass is 10.1. The highest BCUT2D eigenvalue weighted by atomic mass is 16.3. The molecule has 0 aliphatic carbocycles. The summed E-state index contributed by atoms with van der Waals surface area (Å²) < 4.78 is 0. The van der Waals surface area contributed by atoms with Gasteiger partial charge in [0.1, 0.15) is 5.82 Å². The summed E-state index contributed by atoms with van der Waals surface area (Å²) in [5, 5.41) is 9.17. The van der Waals surface area contributed by atoms with Crippen molar-refractivity contribution in [1.29, 1.82) is 0 Å². The Kier molecular flexibility index (Phi) is 3.11. The molecule has 0 aliphatic rings. The van der Waals surface area contributed by atoms with E-state index in [1.165, 1.54) is 0 Å². The SMILES string of the molecule is CN(c1ncccc1CO)C(C)(C)C. The molecular formula is C11H18N2O. The lowest BCUT2D eigenvalue weighted by molar-refractivity contribution is 0.281. The third kappa shape index (κ3) is 2.23. The van der Waals surface area contributed by atoms with Crippen LogP contribution in [0.25, 0.3) is 0 Å². The Morgan fingerprint density at radius 2 is 2.07 bits per heavy atom. The first kappa shape index (κ1) is 11.0. The predicted molar refractivity (Wildman–Crippen MR) is 58.3 cm³/mol. The van der Waals surface area contributed by atoms with Crippen molar-refractivity contribution in [1.82, 2.24) is 4.98 Å². The van der Waals surface area contributed by atoms with Crippen LogP contribution < -0.4 is 4.90 Å². The smallest absolute Gasteiger partial charge is 0.134 e. The first-order valence-corrected chi connectivity index (χ1v) is 4.75. The van der Waals surface area contributed by atoms with E-state index in [1.54, 1.807) is 6.20 Å². The highest BCUT2D eigenvalue weighted by molar-refractivity contribution is 5.47. The first-order chi connectivity index (χ1) is 6.46. The molecule has 0 aliphatic heterocycles. The maximum absolute atomic E-state index is 9.17. The van der Waals surface area contributed by atoms with Crippen LogP contribution in [0.3, 0.4) is 0 Å². The third-order valence-corrected chi connectivity index (χ3v) is 2.36. The highest BCUT2D eigenvalue weighted by Crippen LogP contribution is 2.22. The lowest BCUT2D eigenvalue weighted by Gasteiger charge is -2.34. The maximum atomic E-state index is 9.17. The van der Waals surface area contributed by atoms with Crippen LogP contribution in [0.2, 0.25) is 0 Å². The molecule has 1 heterocycles. The van der Waals surface area contributed by atoms with Crippen molar-refractivity contribution in [2.24, 2.45) is 0 Å². The summed E-state index contributed by atoms with van der Waals surface area (Å²) in [7, 11) is 1.99. The van der Waals surface area contributed by atoms with Gasteiger partial charge in [0, 0.05) is 24.3 Å². The Hall–Kier alpha value is -1.09. The lowest BCUT2D eigenvalue weighted by Crippen LogP contribution is -2.39. The van der Waals surface area contributed by atoms with Gasteiger partial charge in [-0.15, -0.1) is 0 Å². The minimum Gasteiger partial charge on any atom is -0.392 e. The molecule has 0 radical (unpaired) electrons. The third-order valence-electron chi connectivity index (χ3n) is 2.36. The maximum Gasteiger partial charge on any atom is 0.134 e. The highest BCUT2D eigenvalue weighted by Gasteiger charge is 2.20. The first-order valence-electron chi connectivity index (χ1n) is 4.75. The van der Waals surface area contributed by atoms with E-state index in [1.807, 2.05) is 19.2 Å². The zero-order chi connectivity index (χ0) is 10.8. The number of anilines is 1. The molecule has 0 fully saturated rings. The number of aromatic nitrogens is 1.